The molecule has 3 heterocycles. The van der Waals surface area contributed by atoms with E-state index in [-0.39, 0.29) is 31.6 Å². The molecule has 0 fully saturated rings. The van der Waals surface area contributed by atoms with Crippen molar-refractivity contribution in [3.8, 4) is 11.5 Å². The van der Waals surface area contributed by atoms with Gasteiger partial charge >= 0.3 is 12.1 Å². The van der Waals surface area contributed by atoms with Crippen molar-refractivity contribution in [2.45, 2.75) is 51.9 Å². The van der Waals surface area contributed by atoms with Crippen molar-refractivity contribution in [2.75, 3.05) is 13.4 Å². The zero-order valence-corrected chi connectivity index (χ0v) is 21.9. The topological polar surface area (TPSA) is 89.1 Å². The minimum Gasteiger partial charge on any atom is -0.454 e. The third-order valence-electron chi connectivity index (χ3n) is 5.65. The van der Waals surface area contributed by atoms with Crippen LogP contribution in [0.4, 0.5) is 9.59 Å². The molecule has 0 bridgehead atoms. The van der Waals surface area contributed by atoms with Crippen LogP contribution in [0.15, 0.2) is 53.2 Å². The van der Waals surface area contributed by atoms with E-state index >= 15 is 0 Å². The molecule has 10 heteroatoms. The molecule has 3 aromatic rings. The number of hydrogen-bond donors (Lipinski definition) is 2. The summed E-state index contributed by atoms with van der Waals surface area (Å²) < 4.78 is 16.4. The zero-order valence-electron chi connectivity index (χ0n) is 20.2. The van der Waals surface area contributed by atoms with E-state index in [4.69, 9.17) is 14.2 Å². The van der Waals surface area contributed by atoms with Crippen LogP contribution in [0.3, 0.4) is 0 Å². The second kappa shape index (κ2) is 13.2. The maximum absolute atomic E-state index is 13.0. The normalized spacial score (nSPS) is 12.7. The SMILES string of the molecule is CCCC[C@@H](COC(=O)N(Cc1cccs1)Cc1cccs1)NC(=O)NCc1ccc2c(c1)OCO2. The number of fused-ring (bicyclic) bond motifs is 1. The van der Waals surface area contributed by atoms with E-state index in [0.717, 1.165) is 34.6 Å². The predicted molar refractivity (Wildman–Crippen MR) is 140 cm³/mol. The molecule has 1 aliphatic rings. The van der Waals surface area contributed by atoms with Gasteiger partial charge in [0, 0.05) is 16.3 Å². The van der Waals surface area contributed by atoms with Gasteiger partial charge in [0.05, 0.1) is 19.1 Å². The molecule has 0 spiro atoms. The average Bonchev–Trinajstić information content (AvgIpc) is 3.67. The number of rotatable bonds is 12. The standard InChI is InChI=1S/C26H31N3O5S2/c1-2-3-6-20(28-25(30)27-14-19-9-10-23-24(13-19)34-18-33-23)17-32-26(31)29(15-21-7-4-11-35-21)16-22-8-5-12-36-22/h4-5,7-13,20H,2-3,6,14-18H2,1H3,(H2,27,28,30)/t20-/m0/s1. The average molecular weight is 530 g/mol. The molecular weight excluding hydrogens is 498 g/mol. The van der Waals surface area contributed by atoms with E-state index in [1.165, 1.54) is 0 Å². The predicted octanol–water partition coefficient (Wildman–Crippen LogP) is 5.74. The van der Waals surface area contributed by atoms with Crippen LogP contribution in [-0.4, -0.2) is 36.5 Å². The third-order valence-corrected chi connectivity index (χ3v) is 7.37. The van der Waals surface area contributed by atoms with Crippen molar-refractivity contribution in [1.29, 1.82) is 0 Å². The largest absolute Gasteiger partial charge is 0.454 e. The minimum atomic E-state index is -0.388. The van der Waals surface area contributed by atoms with Crippen LogP contribution < -0.4 is 20.1 Å². The van der Waals surface area contributed by atoms with E-state index < -0.39 is 0 Å². The molecule has 2 aromatic heterocycles. The van der Waals surface area contributed by atoms with Crippen LogP contribution >= 0.6 is 22.7 Å². The molecule has 8 nitrogen and oxygen atoms in total. The van der Waals surface area contributed by atoms with Gasteiger partial charge in [0.15, 0.2) is 11.5 Å². The van der Waals surface area contributed by atoms with E-state index in [0.29, 0.717) is 31.1 Å². The molecule has 0 saturated carbocycles. The number of ether oxygens (including phenoxy) is 3. The van der Waals surface area contributed by atoms with Crippen molar-refractivity contribution < 1.29 is 23.8 Å². The molecule has 1 atom stereocenters. The number of amides is 3. The highest BCUT2D eigenvalue weighted by Gasteiger charge is 2.21. The maximum Gasteiger partial charge on any atom is 0.410 e. The van der Waals surface area contributed by atoms with Crippen LogP contribution in [0.2, 0.25) is 0 Å². The Morgan fingerprint density at radius 2 is 1.78 bits per heavy atom. The molecule has 0 unspecified atom stereocenters. The Morgan fingerprint density at radius 1 is 1.06 bits per heavy atom. The number of carbonyl (C=O) groups is 2. The number of nitrogens with zero attached hydrogens (tertiary/aromatic N) is 1. The lowest BCUT2D eigenvalue weighted by atomic mass is 10.1. The maximum atomic E-state index is 13.0. The Morgan fingerprint density at radius 3 is 2.44 bits per heavy atom. The van der Waals surface area contributed by atoms with Crippen molar-refractivity contribution in [2.24, 2.45) is 0 Å². The summed E-state index contributed by atoms with van der Waals surface area (Å²) in [7, 11) is 0. The molecule has 3 amide bonds. The number of benzene rings is 1. The minimum absolute atomic E-state index is 0.113. The third kappa shape index (κ3) is 7.63. The Labute approximate surface area is 219 Å². The number of carbonyl (C=O) groups excluding carboxylic acids is 2. The summed E-state index contributed by atoms with van der Waals surface area (Å²) in [5.74, 6) is 1.38. The molecule has 1 aromatic carbocycles. The van der Waals surface area contributed by atoms with Crippen LogP contribution in [0.1, 0.15) is 41.5 Å². The lowest BCUT2D eigenvalue weighted by molar-refractivity contribution is 0.0880. The lowest BCUT2D eigenvalue weighted by Gasteiger charge is -2.24. The van der Waals surface area contributed by atoms with Gasteiger partial charge in [0.25, 0.3) is 0 Å². The fourth-order valence-corrected chi connectivity index (χ4v) is 5.19. The molecule has 0 aliphatic carbocycles. The highest BCUT2D eigenvalue weighted by Crippen LogP contribution is 2.32. The molecule has 192 valence electrons. The van der Waals surface area contributed by atoms with E-state index in [1.807, 2.05) is 53.2 Å². The number of hydrogen-bond acceptors (Lipinski definition) is 7. The summed E-state index contributed by atoms with van der Waals surface area (Å²) in [6.45, 7) is 3.73. The first-order chi connectivity index (χ1) is 17.6. The second-order valence-electron chi connectivity index (χ2n) is 8.45. The first-order valence-corrected chi connectivity index (χ1v) is 13.8. The van der Waals surface area contributed by atoms with Crippen LogP contribution in [0.25, 0.3) is 0 Å². The van der Waals surface area contributed by atoms with Crippen molar-refractivity contribution in [1.82, 2.24) is 15.5 Å². The molecule has 36 heavy (non-hydrogen) atoms. The Bertz CT molecular complexity index is 1070. The van der Waals surface area contributed by atoms with E-state index in [2.05, 4.69) is 17.6 Å². The monoisotopic (exact) mass is 529 g/mol. The second-order valence-corrected chi connectivity index (χ2v) is 10.5. The van der Waals surface area contributed by atoms with Gasteiger partial charge in [0.1, 0.15) is 6.61 Å². The van der Waals surface area contributed by atoms with Gasteiger partial charge in [-0.2, -0.15) is 0 Å². The first-order valence-electron chi connectivity index (χ1n) is 12.0. The van der Waals surface area contributed by atoms with Gasteiger partial charge in [-0.3, -0.25) is 4.90 Å². The van der Waals surface area contributed by atoms with Crippen molar-refractivity contribution in [3.05, 3.63) is 68.5 Å². The molecular formula is C26H31N3O5S2. The van der Waals surface area contributed by atoms with E-state index in [9.17, 15) is 9.59 Å². The van der Waals surface area contributed by atoms with Crippen LogP contribution in [-0.2, 0) is 24.4 Å². The molecule has 0 saturated heterocycles. The quantitative estimate of drug-likeness (QED) is 0.313. The van der Waals surface area contributed by atoms with Crippen LogP contribution in [0.5, 0.6) is 11.5 Å². The summed E-state index contributed by atoms with van der Waals surface area (Å²) in [6.07, 6.45) is 2.23. The van der Waals surface area contributed by atoms with Gasteiger partial charge in [-0.15, -0.1) is 22.7 Å². The smallest absolute Gasteiger partial charge is 0.410 e. The number of nitrogens with one attached hydrogen (secondary N) is 2. The van der Waals surface area contributed by atoms with E-state index in [1.54, 1.807) is 27.6 Å². The lowest BCUT2D eigenvalue weighted by Crippen LogP contribution is -2.45. The Balaban J connectivity index is 1.29. The van der Waals surface area contributed by atoms with Gasteiger partial charge in [-0.1, -0.05) is 38.0 Å². The van der Waals surface area contributed by atoms with Crippen molar-refractivity contribution >= 4 is 34.8 Å². The summed E-state index contributed by atoms with van der Waals surface area (Å²) in [5, 5.41) is 9.83. The zero-order chi connectivity index (χ0) is 25.2. The molecule has 0 radical (unpaired) electrons. The van der Waals surface area contributed by atoms with Gasteiger partial charge in [-0.05, 0) is 47.0 Å². The molecule has 4 rings (SSSR count). The Hall–Kier alpha value is -3.24. The number of thiophene rings is 2. The summed E-state index contributed by atoms with van der Waals surface area (Å²) in [4.78, 5) is 29.5. The Kier molecular flexibility index (Phi) is 9.46. The number of urea groups is 1. The van der Waals surface area contributed by atoms with Crippen LogP contribution in [0, 0.1) is 0 Å². The van der Waals surface area contributed by atoms with Gasteiger partial charge < -0.3 is 24.8 Å². The first kappa shape index (κ1) is 25.8. The highest BCUT2D eigenvalue weighted by molar-refractivity contribution is 7.10. The molecule has 2 N–H and O–H groups in total. The fraction of sp³-hybridized carbons (Fsp3) is 0.385. The fourth-order valence-electron chi connectivity index (χ4n) is 3.75. The highest BCUT2D eigenvalue weighted by atomic mass is 32.1. The molecule has 1 aliphatic heterocycles. The summed E-state index contributed by atoms with van der Waals surface area (Å²) in [6, 6.07) is 13.0. The van der Waals surface area contributed by atoms with Gasteiger partial charge in [-0.25, -0.2) is 9.59 Å². The number of unbranched alkanes of at least 4 members (excludes halogenated alkanes) is 1. The summed E-state index contributed by atoms with van der Waals surface area (Å²) >= 11 is 3.22. The van der Waals surface area contributed by atoms with Crippen molar-refractivity contribution in [3.63, 3.8) is 0 Å². The summed E-state index contributed by atoms with van der Waals surface area (Å²) in [5.41, 5.74) is 0.906. The van der Waals surface area contributed by atoms with Gasteiger partial charge in [0.2, 0.25) is 6.79 Å².